The number of H-pyrrole nitrogens is 2. The third kappa shape index (κ3) is 4.01. The van der Waals surface area contributed by atoms with Gasteiger partial charge in [0.1, 0.15) is 0 Å². The van der Waals surface area contributed by atoms with Gasteiger partial charge in [-0.15, -0.1) is 0 Å². The molecule has 1 aliphatic heterocycles. The summed E-state index contributed by atoms with van der Waals surface area (Å²) in [7, 11) is 3.98. The maximum Gasteiger partial charge on any atom is 0.416 e. The number of rotatable bonds is 3. The molecule has 3 heterocycles. The van der Waals surface area contributed by atoms with Crippen molar-refractivity contribution in [2.75, 3.05) is 32.9 Å². The smallest absolute Gasteiger partial charge is 0.396 e. The predicted octanol–water partition coefficient (Wildman–Crippen LogP) is 3.45. The van der Waals surface area contributed by atoms with Gasteiger partial charge in [-0.3, -0.25) is 9.59 Å². The number of anilines is 1. The van der Waals surface area contributed by atoms with Crippen LogP contribution in [0.3, 0.4) is 0 Å². The Morgan fingerprint density at radius 1 is 1.14 bits per heavy atom. The number of carbonyl (C=O) groups excluding carboxylic acids is 1. The number of carbonyl (C=O) groups is 1. The van der Waals surface area contributed by atoms with Crippen LogP contribution in [0.4, 0.5) is 18.9 Å². The van der Waals surface area contributed by atoms with E-state index in [1.807, 2.05) is 14.1 Å². The zero-order valence-electron chi connectivity index (χ0n) is 19.0. The lowest BCUT2D eigenvalue weighted by molar-refractivity contribution is -0.137. The van der Waals surface area contributed by atoms with Crippen LogP contribution in [-0.4, -0.2) is 63.9 Å². The van der Waals surface area contributed by atoms with Gasteiger partial charge in [0.15, 0.2) is 5.69 Å². The lowest BCUT2D eigenvalue weighted by atomic mass is 10.1. The molecular formula is C24H23F3N6O2. The molecule has 0 bridgehead atoms. The van der Waals surface area contributed by atoms with E-state index in [9.17, 15) is 22.8 Å². The maximum atomic E-state index is 13.1. The highest BCUT2D eigenvalue weighted by Gasteiger charge is 2.31. The monoisotopic (exact) mass is 484 g/mol. The molecule has 0 saturated carbocycles. The number of nitrogens with one attached hydrogen (secondary N) is 2. The molecule has 2 aromatic heterocycles. The number of likely N-dealkylation sites (tertiary alicyclic amines) is 1. The molecule has 0 unspecified atom stereocenters. The number of halogens is 3. The molecule has 1 atom stereocenters. The van der Waals surface area contributed by atoms with Crippen molar-refractivity contribution in [2.24, 2.45) is 0 Å². The van der Waals surface area contributed by atoms with E-state index in [-0.39, 0.29) is 34.0 Å². The summed E-state index contributed by atoms with van der Waals surface area (Å²) in [5.41, 5.74) is 6.44. The summed E-state index contributed by atoms with van der Waals surface area (Å²) in [4.78, 5) is 39.5. The summed E-state index contributed by atoms with van der Waals surface area (Å²) in [6.07, 6.45) is -3.64. The van der Waals surface area contributed by atoms with Crippen molar-refractivity contribution in [1.82, 2.24) is 24.8 Å². The first-order valence-corrected chi connectivity index (χ1v) is 11.0. The van der Waals surface area contributed by atoms with Crippen LogP contribution in [-0.2, 0) is 6.18 Å². The van der Waals surface area contributed by atoms with Crippen molar-refractivity contribution in [3.63, 3.8) is 0 Å². The molecule has 8 nitrogen and oxygen atoms in total. The van der Waals surface area contributed by atoms with E-state index < -0.39 is 17.3 Å². The SMILES string of the molecule is CN(C)[C@H]1CCN(C(=O)c2ccc3[nH]c(-c4nc5ccc(C(F)(F)F)cc5[nH]c4=O)c(N)c3c2)C1. The minimum atomic E-state index is -4.54. The number of nitrogens with two attached hydrogens (primary N) is 1. The quantitative estimate of drug-likeness (QED) is 0.413. The largest absolute Gasteiger partial charge is 0.416 e. The van der Waals surface area contributed by atoms with Crippen LogP contribution >= 0.6 is 0 Å². The van der Waals surface area contributed by atoms with Gasteiger partial charge in [0.05, 0.1) is 28.0 Å². The third-order valence-corrected chi connectivity index (χ3v) is 6.52. The number of benzene rings is 2. The van der Waals surface area contributed by atoms with E-state index in [2.05, 4.69) is 19.9 Å². The number of amides is 1. The first-order valence-electron chi connectivity index (χ1n) is 11.0. The topological polar surface area (TPSA) is 111 Å². The Morgan fingerprint density at radius 3 is 2.60 bits per heavy atom. The second-order valence-corrected chi connectivity index (χ2v) is 8.98. The Balaban J connectivity index is 1.52. The minimum absolute atomic E-state index is 0.0298. The van der Waals surface area contributed by atoms with Gasteiger partial charge in [-0.1, -0.05) is 0 Å². The zero-order chi connectivity index (χ0) is 25.1. The number of hydrogen-bond acceptors (Lipinski definition) is 5. The number of aromatic nitrogens is 3. The van der Waals surface area contributed by atoms with Gasteiger partial charge in [0.25, 0.3) is 11.5 Å². The molecule has 35 heavy (non-hydrogen) atoms. The lowest BCUT2D eigenvalue weighted by Gasteiger charge is -2.20. The molecule has 1 amide bonds. The van der Waals surface area contributed by atoms with Gasteiger partial charge in [-0.2, -0.15) is 13.2 Å². The van der Waals surface area contributed by atoms with Crippen LogP contribution in [0.1, 0.15) is 22.3 Å². The third-order valence-electron chi connectivity index (χ3n) is 6.52. The van der Waals surface area contributed by atoms with Crippen molar-refractivity contribution in [2.45, 2.75) is 18.6 Å². The van der Waals surface area contributed by atoms with Crippen LogP contribution < -0.4 is 11.3 Å². The Kier molecular flexibility index (Phi) is 5.32. The van der Waals surface area contributed by atoms with Crippen molar-refractivity contribution in [3.05, 3.63) is 57.9 Å². The van der Waals surface area contributed by atoms with E-state index in [0.29, 0.717) is 35.6 Å². The van der Waals surface area contributed by atoms with Crippen molar-refractivity contribution >= 4 is 33.5 Å². The first-order chi connectivity index (χ1) is 16.5. The maximum absolute atomic E-state index is 13.1. The van der Waals surface area contributed by atoms with Gasteiger partial charge in [-0.25, -0.2) is 4.98 Å². The van der Waals surface area contributed by atoms with Crippen molar-refractivity contribution in [3.8, 4) is 11.4 Å². The fraction of sp³-hybridized carbons (Fsp3) is 0.292. The molecule has 0 aliphatic carbocycles. The number of nitrogens with zero attached hydrogens (tertiary/aromatic N) is 3. The fourth-order valence-corrected chi connectivity index (χ4v) is 4.50. The van der Waals surface area contributed by atoms with Crippen molar-refractivity contribution < 1.29 is 18.0 Å². The van der Waals surface area contributed by atoms with Crippen LogP contribution in [0.2, 0.25) is 0 Å². The molecule has 1 saturated heterocycles. The summed E-state index contributed by atoms with van der Waals surface area (Å²) < 4.78 is 39.0. The molecule has 2 aromatic carbocycles. The highest BCUT2D eigenvalue weighted by molar-refractivity contribution is 6.04. The second kappa shape index (κ2) is 8.12. The molecule has 11 heteroatoms. The molecule has 0 spiro atoms. The summed E-state index contributed by atoms with van der Waals surface area (Å²) in [6, 6.07) is 8.36. The molecular weight excluding hydrogens is 461 g/mol. The number of nitrogen functional groups attached to an aromatic ring is 1. The Hall–Kier alpha value is -3.86. The molecule has 4 aromatic rings. The molecule has 182 valence electrons. The van der Waals surface area contributed by atoms with Gasteiger partial charge in [-0.05, 0) is 56.9 Å². The Labute approximate surface area is 197 Å². The minimum Gasteiger partial charge on any atom is -0.396 e. The Bertz CT molecular complexity index is 1520. The Morgan fingerprint density at radius 2 is 1.91 bits per heavy atom. The van der Waals surface area contributed by atoms with Crippen LogP contribution in [0, 0.1) is 0 Å². The summed E-state index contributed by atoms with van der Waals surface area (Å²) in [5.74, 6) is -0.0967. The molecule has 4 N–H and O–H groups in total. The summed E-state index contributed by atoms with van der Waals surface area (Å²) >= 11 is 0. The highest BCUT2D eigenvalue weighted by atomic mass is 19.4. The van der Waals surface area contributed by atoms with E-state index in [4.69, 9.17) is 5.73 Å². The van der Waals surface area contributed by atoms with E-state index in [1.165, 1.54) is 6.07 Å². The first kappa shape index (κ1) is 22.9. The molecule has 0 radical (unpaired) electrons. The van der Waals surface area contributed by atoms with Gasteiger partial charge >= 0.3 is 6.18 Å². The van der Waals surface area contributed by atoms with E-state index in [0.717, 1.165) is 18.6 Å². The van der Waals surface area contributed by atoms with E-state index >= 15 is 0 Å². The number of fused-ring (bicyclic) bond motifs is 2. The second-order valence-electron chi connectivity index (χ2n) is 8.98. The number of aromatic amines is 2. The average Bonchev–Trinajstić information content (AvgIpc) is 3.42. The normalized spacial score (nSPS) is 16.6. The molecule has 5 rings (SSSR count). The lowest BCUT2D eigenvalue weighted by Crippen LogP contribution is -2.34. The summed E-state index contributed by atoms with van der Waals surface area (Å²) in [6.45, 7) is 1.31. The van der Waals surface area contributed by atoms with Gasteiger partial charge < -0.3 is 25.5 Å². The van der Waals surface area contributed by atoms with Gasteiger partial charge in [0.2, 0.25) is 0 Å². The number of hydrogen-bond donors (Lipinski definition) is 3. The molecule has 1 fully saturated rings. The fourth-order valence-electron chi connectivity index (χ4n) is 4.50. The van der Waals surface area contributed by atoms with Crippen LogP contribution in [0.5, 0.6) is 0 Å². The highest BCUT2D eigenvalue weighted by Crippen LogP contribution is 2.33. The summed E-state index contributed by atoms with van der Waals surface area (Å²) in [5, 5.41) is 0.558. The van der Waals surface area contributed by atoms with Crippen LogP contribution in [0.25, 0.3) is 33.3 Å². The van der Waals surface area contributed by atoms with E-state index in [1.54, 1.807) is 23.1 Å². The molecule has 1 aliphatic rings. The zero-order valence-corrected chi connectivity index (χ0v) is 19.0. The average molecular weight is 484 g/mol. The van der Waals surface area contributed by atoms with Crippen LogP contribution in [0.15, 0.2) is 41.2 Å². The predicted molar refractivity (Wildman–Crippen MR) is 127 cm³/mol. The standard InChI is InChI=1S/C24H23F3N6O2/c1-32(2)14-7-8-33(11-14)23(35)12-3-5-16-15(9-12)19(28)20(29-16)21-22(34)31-18-10-13(24(25,26)27)4-6-17(18)30-21/h3-6,9-10,14,29H,7-8,11,28H2,1-2H3,(H,31,34)/t14-/m0/s1. The van der Waals surface area contributed by atoms with Crippen molar-refractivity contribution in [1.29, 1.82) is 0 Å². The number of alkyl halides is 3. The number of likely N-dealkylation sites (N-methyl/N-ethyl adjacent to an activating group) is 1. The van der Waals surface area contributed by atoms with Gasteiger partial charge in [0, 0.05) is 35.6 Å².